The molecule has 0 aromatic carbocycles. The van der Waals surface area contributed by atoms with E-state index in [4.69, 9.17) is 18.9 Å². The van der Waals surface area contributed by atoms with Crippen molar-refractivity contribution in [1.29, 1.82) is 0 Å². The van der Waals surface area contributed by atoms with Crippen LogP contribution in [0.5, 0.6) is 0 Å². The molecule has 2 fully saturated rings. The standard InChI is InChI=1S/C83H143NO13/c1-3-5-7-9-11-13-15-17-19-21-23-25-27-29-30-31-32-33-34-35-36-37-38-39-40-41-42-43-45-47-49-51-53-55-57-59-61-63-65-67-75(88)84-71(70-94-82-80(93)78(91)81(74(69-86)96-82)97-83-79(92)77(90)76(89)73(68-85)95-83)72(87)66-64-62-60-58-56-54-52-50-48-46-44-28-26-24-22-20-18-16-14-12-10-8-6-4-2/h5,7,11,13,17,19,23,25,29-30,32-33,35-36,38-39,56,58,64,66,71-74,76-83,85-87,89-93H,3-4,6,8-10,12,14-16,18,20-22,24,26-28,31,34,37,40-55,57,59-63,65,67-70H2,1-2H3,(H,84,88)/b7-5-,13-11-,19-17-,25-23-,30-29-,33-32-,36-35-,39-38-,58-56+,66-64+. The monoisotopic (exact) mass is 1360 g/mol. The first kappa shape index (κ1) is 89.5. The summed E-state index contributed by atoms with van der Waals surface area (Å²) in [6.07, 6.45) is 79.8. The number of aliphatic hydroxyl groups excluding tert-OH is 8. The molecule has 0 aromatic rings. The van der Waals surface area contributed by atoms with Crippen molar-refractivity contribution in [3.05, 3.63) is 122 Å². The second kappa shape index (κ2) is 65.7. The predicted octanol–water partition coefficient (Wildman–Crippen LogP) is 17.6. The van der Waals surface area contributed by atoms with Gasteiger partial charge in [0, 0.05) is 6.42 Å². The molecule has 12 unspecified atom stereocenters. The summed E-state index contributed by atoms with van der Waals surface area (Å²) in [5.74, 6) is -0.251. The minimum Gasteiger partial charge on any atom is -0.394 e. The van der Waals surface area contributed by atoms with Crippen molar-refractivity contribution in [2.24, 2.45) is 0 Å². The number of amides is 1. The smallest absolute Gasteiger partial charge is 0.220 e. The van der Waals surface area contributed by atoms with Crippen molar-refractivity contribution < 1.29 is 64.6 Å². The van der Waals surface area contributed by atoms with Gasteiger partial charge in [-0.15, -0.1) is 0 Å². The van der Waals surface area contributed by atoms with Crippen LogP contribution in [-0.4, -0.2) is 140 Å². The highest BCUT2D eigenvalue weighted by Crippen LogP contribution is 2.30. The minimum atomic E-state index is -1.80. The molecule has 9 N–H and O–H groups in total. The fourth-order valence-electron chi connectivity index (χ4n) is 12.2. The molecule has 2 heterocycles. The summed E-state index contributed by atoms with van der Waals surface area (Å²) in [6, 6.07) is -0.940. The molecule has 0 aromatic heterocycles. The lowest BCUT2D eigenvalue weighted by molar-refractivity contribution is -0.359. The number of carbonyl (C=O) groups excluding carboxylic acids is 1. The van der Waals surface area contributed by atoms with Crippen LogP contribution < -0.4 is 5.32 Å². The number of nitrogens with one attached hydrogen (secondary N) is 1. The topological polar surface area (TPSA) is 228 Å². The first-order valence-corrected chi connectivity index (χ1v) is 39.3. The Balaban J connectivity index is 1.63. The highest BCUT2D eigenvalue weighted by Gasteiger charge is 2.51. The largest absolute Gasteiger partial charge is 0.394 e. The summed E-state index contributed by atoms with van der Waals surface area (Å²) in [7, 11) is 0. The molecule has 0 spiro atoms. The minimum absolute atomic E-state index is 0.251. The molecular weight excluding hydrogens is 1220 g/mol. The lowest BCUT2D eigenvalue weighted by Crippen LogP contribution is -2.65. The molecule has 0 aliphatic carbocycles. The molecule has 2 aliphatic heterocycles. The van der Waals surface area contributed by atoms with Gasteiger partial charge < -0.3 is 65.1 Å². The molecule has 0 radical (unpaired) electrons. The Morgan fingerprint density at radius 1 is 0.381 bits per heavy atom. The number of carbonyl (C=O) groups is 1. The Labute approximate surface area is 590 Å². The van der Waals surface area contributed by atoms with Gasteiger partial charge in [-0.25, -0.2) is 0 Å². The van der Waals surface area contributed by atoms with Gasteiger partial charge in [0.2, 0.25) is 5.91 Å². The normalized spacial score (nSPS) is 22.8. The second-order valence-electron chi connectivity index (χ2n) is 27.1. The Morgan fingerprint density at radius 2 is 0.722 bits per heavy atom. The molecule has 2 rings (SSSR count). The van der Waals surface area contributed by atoms with E-state index in [0.29, 0.717) is 12.8 Å². The van der Waals surface area contributed by atoms with Gasteiger partial charge in [-0.3, -0.25) is 4.79 Å². The van der Waals surface area contributed by atoms with Crippen LogP contribution in [0.3, 0.4) is 0 Å². The van der Waals surface area contributed by atoms with E-state index in [-0.39, 0.29) is 18.9 Å². The Morgan fingerprint density at radius 3 is 1.13 bits per heavy atom. The Kier molecular flexibility index (Phi) is 60.6. The van der Waals surface area contributed by atoms with Crippen molar-refractivity contribution in [2.45, 2.75) is 376 Å². The molecule has 2 saturated heterocycles. The number of aliphatic hydroxyl groups is 8. The zero-order valence-corrected chi connectivity index (χ0v) is 61.0. The van der Waals surface area contributed by atoms with Crippen LogP contribution >= 0.6 is 0 Å². The van der Waals surface area contributed by atoms with Crippen molar-refractivity contribution in [3.63, 3.8) is 0 Å². The fourth-order valence-corrected chi connectivity index (χ4v) is 12.2. The molecule has 12 atom stereocenters. The summed E-state index contributed by atoms with van der Waals surface area (Å²) in [4.78, 5) is 13.4. The number of hydrogen-bond acceptors (Lipinski definition) is 13. The molecule has 2 aliphatic rings. The maximum atomic E-state index is 13.4. The number of hydrogen-bond donors (Lipinski definition) is 9. The summed E-state index contributed by atoms with van der Waals surface area (Å²) < 4.78 is 22.9. The summed E-state index contributed by atoms with van der Waals surface area (Å²) in [5.41, 5.74) is 0. The van der Waals surface area contributed by atoms with E-state index in [9.17, 15) is 45.6 Å². The predicted molar refractivity (Wildman–Crippen MR) is 401 cm³/mol. The maximum Gasteiger partial charge on any atom is 0.220 e. The van der Waals surface area contributed by atoms with Gasteiger partial charge in [-0.2, -0.15) is 0 Å². The number of ether oxygens (including phenoxy) is 4. The van der Waals surface area contributed by atoms with E-state index in [2.05, 4.69) is 129 Å². The molecule has 14 heteroatoms. The lowest BCUT2D eigenvalue weighted by atomic mass is 9.97. The molecule has 558 valence electrons. The third kappa shape index (κ3) is 48.8. The van der Waals surface area contributed by atoms with Gasteiger partial charge in [0.15, 0.2) is 12.6 Å². The van der Waals surface area contributed by atoms with Crippen LogP contribution in [0.25, 0.3) is 0 Å². The van der Waals surface area contributed by atoms with E-state index in [1.807, 2.05) is 6.08 Å². The van der Waals surface area contributed by atoms with E-state index in [0.717, 1.165) is 89.9 Å². The van der Waals surface area contributed by atoms with Gasteiger partial charge in [-0.05, 0) is 96.3 Å². The van der Waals surface area contributed by atoms with Crippen molar-refractivity contribution in [3.8, 4) is 0 Å². The summed E-state index contributed by atoms with van der Waals surface area (Å²) >= 11 is 0. The molecule has 14 nitrogen and oxygen atoms in total. The van der Waals surface area contributed by atoms with Crippen LogP contribution in [0.15, 0.2) is 122 Å². The van der Waals surface area contributed by atoms with E-state index in [1.165, 1.54) is 180 Å². The zero-order valence-electron chi connectivity index (χ0n) is 61.0. The van der Waals surface area contributed by atoms with Gasteiger partial charge in [0.05, 0.1) is 32.0 Å². The van der Waals surface area contributed by atoms with Gasteiger partial charge >= 0.3 is 0 Å². The quantitative estimate of drug-likeness (QED) is 0.0204. The Bertz CT molecular complexity index is 2100. The SMILES string of the molecule is CC/C=C\C/C=C\C/C=C\C/C=C\C/C=C\C/C=C\C/C=C\C/C=C\CCCCCCCCCCCCCCCCC(=O)NC(COC1OC(CO)C(OC2OC(CO)C(O)C(O)C2O)C(O)C1O)C(O)/C=C/CC/C=C/CCCCCCCCCCCCCCCCCCCC. The highest BCUT2D eigenvalue weighted by molar-refractivity contribution is 5.76. The summed E-state index contributed by atoms with van der Waals surface area (Å²) in [6.45, 7) is 2.69. The second-order valence-corrected chi connectivity index (χ2v) is 27.1. The molecule has 0 saturated carbocycles. The number of allylic oxidation sites excluding steroid dienone is 19. The third-order valence-electron chi connectivity index (χ3n) is 18.4. The van der Waals surface area contributed by atoms with E-state index in [1.54, 1.807) is 6.08 Å². The average molecular weight is 1360 g/mol. The van der Waals surface area contributed by atoms with Crippen LogP contribution in [0.2, 0.25) is 0 Å². The van der Waals surface area contributed by atoms with Crippen LogP contribution in [-0.2, 0) is 23.7 Å². The Hall–Kier alpha value is -3.61. The van der Waals surface area contributed by atoms with Crippen LogP contribution in [0, 0.1) is 0 Å². The molecule has 97 heavy (non-hydrogen) atoms. The van der Waals surface area contributed by atoms with Crippen LogP contribution in [0.1, 0.15) is 303 Å². The first-order valence-electron chi connectivity index (χ1n) is 39.3. The molecule has 1 amide bonds. The first-order chi connectivity index (χ1) is 47.6. The average Bonchev–Trinajstić information content (AvgIpc) is 0.794. The third-order valence-corrected chi connectivity index (χ3v) is 18.4. The number of rotatable bonds is 64. The van der Waals surface area contributed by atoms with Gasteiger partial charge in [-0.1, -0.05) is 322 Å². The molecular formula is C83H143NO13. The van der Waals surface area contributed by atoms with Crippen molar-refractivity contribution >= 4 is 5.91 Å². The van der Waals surface area contributed by atoms with E-state index < -0.39 is 86.8 Å². The lowest BCUT2D eigenvalue weighted by Gasteiger charge is -2.46. The number of unbranched alkanes of at least 4 members (excludes halogenated alkanes) is 33. The fraction of sp³-hybridized carbons (Fsp3) is 0.747. The van der Waals surface area contributed by atoms with Gasteiger partial charge in [0.25, 0.3) is 0 Å². The zero-order chi connectivity index (χ0) is 70.1. The van der Waals surface area contributed by atoms with Crippen molar-refractivity contribution in [1.82, 2.24) is 5.32 Å². The summed E-state index contributed by atoms with van der Waals surface area (Å²) in [5, 5.41) is 87.6. The molecule has 0 bridgehead atoms. The van der Waals surface area contributed by atoms with Gasteiger partial charge in [0.1, 0.15) is 48.8 Å². The van der Waals surface area contributed by atoms with Crippen molar-refractivity contribution in [2.75, 3.05) is 19.8 Å². The van der Waals surface area contributed by atoms with E-state index >= 15 is 0 Å². The van der Waals surface area contributed by atoms with Crippen LogP contribution in [0.4, 0.5) is 0 Å². The maximum absolute atomic E-state index is 13.4. The highest BCUT2D eigenvalue weighted by atomic mass is 16.7.